The monoisotopic (exact) mass is 206 g/mol. The Kier molecular flexibility index (Phi) is 2.20. The van der Waals surface area contributed by atoms with Crippen LogP contribution in [0, 0.1) is 47.3 Å². The molecule has 0 aromatic rings. The molecule has 0 amide bonds. The molecule has 7 unspecified atom stereocenters. The third-order valence-corrected chi connectivity index (χ3v) is 6.06. The molecular formula is C15H26. The Labute approximate surface area is 94.8 Å². The van der Waals surface area contributed by atoms with Crippen LogP contribution in [0.1, 0.15) is 47.0 Å². The summed E-state index contributed by atoms with van der Waals surface area (Å²) in [6.45, 7) is 9.87. The first-order chi connectivity index (χ1) is 7.11. The maximum absolute atomic E-state index is 2.56. The number of fused-ring (bicyclic) bond motifs is 1. The molecule has 15 heavy (non-hydrogen) atoms. The lowest BCUT2D eigenvalue weighted by atomic mass is 9.83. The molecule has 3 saturated carbocycles. The van der Waals surface area contributed by atoms with Gasteiger partial charge in [-0.05, 0) is 66.6 Å². The van der Waals surface area contributed by atoms with Gasteiger partial charge in [-0.1, -0.05) is 27.7 Å². The summed E-state index contributed by atoms with van der Waals surface area (Å²) >= 11 is 0. The second-order valence-corrected chi connectivity index (χ2v) is 7.01. The van der Waals surface area contributed by atoms with Crippen molar-refractivity contribution in [2.45, 2.75) is 47.0 Å². The van der Waals surface area contributed by atoms with E-state index in [-0.39, 0.29) is 0 Å². The van der Waals surface area contributed by atoms with Gasteiger partial charge in [-0.2, -0.15) is 0 Å². The Hall–Kier alpha value is 0. The third kappa shape index (κ3) is 1.47. The molecule has 3 aliphatic rings. The largest absolute Gasteiger partial charge is 0.0625 e. The van der Waals surface area contributed by atoms with E-state index in [2.05, 4.69) is 27.7 Å². The van der Waals surface area contributed by atoms with Crippen molar-refractivity contribution in [2.75, 3.05) is 0 Å². The summed E-state index contributed by atoms with van der Waals surface area (Å²) in [4.78, 5) is 0. The topological polar surface area (TPSA) is 0 Å². The predicted octanol–water partition coefficient (Wildman–Crippen LogP) is 4.21. The number of hydrogen-bond donors (Lipinski definition) is 0. The lowest BCUT2D eigenvalue weighted by Gasteiger charge is -2.22. The lowest BCUT2D eigenvalue weighted by molar-refractivity contribution is 0.262. The van der Waals surface area contributed by atoms with E-state index in [1.54, 1.807) is 19.3 Å². The zero-order valence-corrected chi connectivity index (χ0v) is 10.7. The minimum atomic E-state index is 0.936. The highest BCUT2D eigenvalue weighted by Crippen LogP contribution is 2.65. The molecule has 7 atom stereocenters. The summed E-state index contributed by atoms with van der Waals surface area (Å²) in [6, 6.07) is 0. The maximum Gasteiger partial charge on any atom is -0.0324 e. The maximum atomic E-state index is 2.56. The zero-order chi connectivity index (χ0) is 10.7. The first-order valence-electron chi connectivity index (χ1n) is 7.11. The van der Waals surface area contributed by atoms with E-state index in [9.17, 15) is 0 Å². The molecule has 3 aliphatic carbocycles. The Morgan fingerprint density at radius 3 is 2.13 bits per heavy atom. The van der Waals surface area contributed by atoms with Crippen LogP contribution in [0.4, 0.5) is 0 Å². The molecule has 0 spiro atoms. The molecule has 0 nitrogen and oxygen atoms in total. The minimum absolute atomic E-state index is 0.936. The lowest BCUT2D eigenvalue weighted by Crippen LogP contribution is -2.16. The number of hydrogen-bond acceptors (Lipinski definition) is 0. The van der Waals surface area contributed by atoms with E-state index in [1.807, 2.05) is 0 Å². The molecule has 0 aromatic carbocycles. The highest BCUT2D eigenvalue weighted by Gasteiger charge is 2.58. The van der Waals surface area contributed by atoms with E-state index in [4.69, 9.17) is 0 Å². The van der Waals surface area contributed by atoms with Gasteiger partial charge in [0.2, 0.25) is 0 Å². The van der Waals surface area contributed by atoms with Crippen LogP contribution in [0.3, 0.4) is 0 Å². The normalized spacial score (nSPS) is 54.2. The fourth-order valence-corrected chi connectivity index (χ4v) is 4.86. The Balaban J connectivity index is 1.60. The Morgan fingerprint density at radius 1 is 0.933 bits per heavy atom. The van der Waals surface area contributed by atoms with Crippen LogP contribution in [-0.4, -0.2) is 0 Å². The van der Waals surface area contributed by atoms with Crippen LogP contribution < -0.4 is 0 Å². The third-order valence-electron chi connectivity index (χ3n) is 6.06. The van der Waals surface area contributed by atoms with Crippen LogP contribution in [0.25, 0.3) is 0 Å². The molecule has 0 bridgehead atoms. The van der Waals surface area contributed by atoms with Gasteiger partial charge in [-0.15, -0.1) is 0 Å². The summed E-state index contributed by atoms with van der Waals surface area (Å²) < 4.78 is 0. The van der Waals surface area contributed by atoms with Gasteiger partial charge in [-0.3, -0.25) is 0 Å². The molecule has 0 heterocycles. The van der Waals surface area contributed by atoms with Crippen molar-refractivity contribution in [1.82, 2.24) is 0 Å². The molecule has 0 aliphatic heterocycles. The summed E-state index contributed by atoms with van der Waals surface area (Å²) in [6.07, 6.45) is 4.66. The van der Waals surface area contributed by atoms with Gasteiger partial charge in [0.15, 0.2) is 0 Å². The highest BCUT2D eigenvalue weighted by molar-refractivity contribution is 5.07. The first-order valence-corrected chi connectivity index (χ1v) is 7.11. The smallest absolute Gasteiger partial charge is 0.0324 e. The van der Waals surface area contributed by atoms with Gasteiger partial charge in [-0.25, -0.2) is 0 Å². The predicted molar refractivity (Wildman–Crippen MR) is 64.5 cm³/mol. The van der Waals surface area contributed by atoms with Crippen LogP contribution >= 0.6 is 0 Å². The van der Waals surface area contributed by atoms with Crippen molar-refractivity contribution in [1.29, 1.82) is 0 Å². The van der Waals surface area contributed by atoms with E-state index in [0.717, 1.165) is 47.3 Å². The summed E-state index contributed by atoms with van der Waals surface area (Å²) in [5.41, 5.74) is 0. The Morgan fingerprint density at radius 2 is 1.67 bits per heavy atom. The van der Waals surface area contributed by atoms with Gasteiger partial charge in [0.1, 0.15) is 0 Å². The van der Waals surface area contributed by atoms with Crippen LogP contribution in [0.5, 0.6) is 0 Å². The quantitative estimate of drug-likeness (QED) is 0.649. The fraction of sp³-hybridized carbons (Fsp3) is 1.00. The number of rotatable bonds is 3. The molecule has 0 aromatic heterocycles. The first kappa shape index (κ1) is 10.2. The summed E-state index contributed by atoms with van der Waals surface area (Å²) in [7, 11) is 0. The average molecular weight is 206 g/mol. The molecule has 0 saturated heterocycles. The summed E-state index contributed by atoms with van der Waals surface area (Å²) in [5, 5.41) is 0. The zero-order valence-electron chi connectivity index (χ0n) is 10.7. The van der Waals surface area contributed by atoms with Gasteiger partial charge in [0.25, 0.3) is 0 Å². The molecule has 0 N–H and O–H groups in total. The van der Waals surface area contributed by atoms with Gasteiger partial charge in [0.05, 0.1) is 0 Å². The Bertz CT molecular complexity index is 255. The standard InChI is InChI=1S/C15H26/c1-8(2)13-7-14(13)9(3)11-5-6-12-10(4)15(11)12/h8-15H,5-7H2,1-4H3. The minimum Gasteiger partial charge on any atom is -0.0625 e. The van der Waals surface area contributed by atoms with Crippen molar-refractivity contribution in [2.24, 2.45) is 47.3 Å². The van der Waals surface area contributed by atoms with Crippen LogP contribution in [0.15, 0.2) is 0 Å². The fourth-order valence-electron chi connectivity index (χ4n) is 4.86. The van der Waals surface area contributed by atoms with Crippen molar-refractivity contribution < 1.29 is 0 Å². The van der Waals surface area contributed by atoms with E-state index in [1.165, 1.54) is 0 Å². The molecule has 86 valence electrons. The van der Waals surface area contributed by atoms with Crippen LogP contribution in [0.2, 0.25) is 0 Å². The van der Waals surface area contributed by atoms with Gasteiger partial charge >= 0.3 is 0 Å². The van der Waals surface area contributed by atoms with Crippen molar-refractivity contribution in [3.05, 3.63) is 0 Å². The van der Waals surface area contributed by atoms with Gasteiger partial charge in [0, 0.05) is 0 Å². The SMILES string of the molecule is CC(C)C1CC1C(C)C1CCC2C(C)C12. The van der Waals surface area contributed by atoms with Gasteiger partial charge < -0.3 is 0 Å². The second kappa shape index (κ2) is 3.25. The molecule has 3 rings (SSSR count). The highest BCUT2D eigenvalue weighted by atomic mass is 14.6. The molecule has 0 radical (unpaired) electrons. The van der Waals surface area contributed by atoms with E-state index < -0.39 is 0 Å². The molecule has 0 heteroatoms. The molecule has 3 fully saturated rings. The van der Waals surface area contributed by atoms with Crippen molar-refractivity contribution in [3.8, 4) is 0 Å². The summed E-state index contributed by atoms with van der Waals surface area (Å²) in [5.74, 6) is 8.64. The molecular weight excluding hydrogens is 180 g/mol. The second-order valence-electron chi connectivity index (χ2n) is 7.01. The van der Waals surface area contributed by atoms with E-state index >= 15 is 0 Å². The van der Waals surface area contributed by atoms with Crippen LogP contribution in [-0.2, 0) is 0 Å². The average Bonchev–Trinajstić information content (AvgIpc) is 3.04. The van der Waals surface area contributed by atoms with Crippen molar-refractivity contribution >= 4 is 0 Å². The van der Waals surface area contributed by atoms with E-state index in [0.29, 0.717) is 0 Å². The van der Waals surface area contributed by atoms with Crippen molar-refractivity contribution in [3.63, 3.8) is 0 Å².